The lowest BCUT2D eigenvalue weighted by Gasteiger charge is -2.24. The number of carboxylic acid groups (broad SMARTS) is 3. The van der Waals surface area contributed by atoms with E-state index in [1.165, 1.54) is 23.9 Å². The fourth-order valence-electron chi connectivity index (χ4n) is 2.52. The number of unbranched alkanes of at least 4 members (excludes halogenated alkanes) is 2. The monoisotopic (exact) mass is 431 g/mol. The molecule has 0 amide bonds. The molecule has 0 aromatic rings. The van der Waals surface area contributed by atoms with E-state index in [-0.39, 0.29) is 11.5 Å². The number of allylic oxidation sites excluding steroid dienone is 2. The van der Waals surface area contributed by atoms with Gasteiger partial charge in [0.1, 0.15) is 6.04 Å². The number of carboxylic acids is 3. The van der Waals surface area contributed by atoms with Crippen molar-refractivity contribution in [1.29, 1.82) is 0 Å². The molecular formula is C19H29NO8S. The van der Waals surface area contributed by atoms with Gasteiger partial charge in [0, 0.05) is 5.75 Å². The molecule has 2 unspecified atom stereocenters. The number of rotatable bonds is 12. The largest absolute Gasteiger partial charge is 0.480 e. The van der Waals surface area contributed by atoms with Gasteiger partial charge in [-0.1, -0.05) is 19.8 Å². The number of ketones is 1. The van der Waals surface area contributed by atoms with Crippen LogP contribution in [0, 0.1) is 0 Å². The first kappa shape index (κ1) is 26.8. The van der Waals surface area contributed by atoms with E-state index in [0.29, 0.717) is 0 Å². The minimum Gasteiger partial charge on any atom is -0.480 e. The number of carbonyl (C=O) groups excluding carboxylic acids is 1. The zero-order chi connectivity index (χ0) is 22.4. The molecule has 0 bridgehead atoms. The van der Waals surface area contributed by atoms with Crippen molar-refractivity contribution in [3.05, 3.63) is 23.8 Å². The molecule has 0 fully saturated rings. The Labute approximate surface area is 174 Å². The van der Waals surface area contributed by atoms with Gasteiger partial charge in [0.15, 0.2) is 5.78 Å². The zero-order valence-corrected chi connectivity index (χ0v) is 17.4. The van der Waals surface area contributed by atoms with Crippen LogP contribution in [0.5, 0.6) is 0 Å². The van der Waals surface area contributed by atoms with Gasteiger partial charge < -0.3 is 20.4 Å². The van der Waals surface area contributed by atoms with E-state index in [2.05, 4.69) is 6.92 Å². The van der Waals surface area contributed by atoms with Crippen molar-refractivity contribution in [2.24, 2.45) is 0 Å². The fraction of sp³-hybridized carbons (Fsp3) is 0.579. The van der Waals surface area contributed by atoms with Crippen LogP contribution >= 0.6 is 11.8 Å². The topological polar surface area (TPSA) is 152 Å². The molecule has 0 heterocycles. The van der Waals surface area contributed by atoms with Gasteiger partial charge >= 0.3 is 17.9 Å². The first-order chi connectivity index (χ1) is 13.6. The number of thioether (sulfide) groups is 1. The van der Waals surface area contributed by atoms with Crippen LogP contribution in [-0.2, 0) is 19.2 Å². The van der Waals surface area contributed by atoms with E-state index >= 15 is 0 Å². The third-order valence-corrected chi connectivity index (χ3v) is 4.56. The SMILES string of the molecule is CCCCCC1=CC(O)C=CC1=O.CSCC(C(=O)O)N(CC(=O)O)CC(=O)O. The van der Waals surface area contributed by atoms with Gasteiger partial charge in [-0.25, -0.2) is 0 Å². The van der Waals surface area contributed by atoms with Gasteiger partial charge in [0.2, 0.25) is 0 Å². The highest BCUT2D eigenvalue weighted by atomic mass is 32.2. The summed E-state index contributed by atoms with van der Waals surface area (Å²) in [5.41, 5.74) is 0.767. The minimum atomic E-state index is -1.26. The van der Waals surface area contributed by atoms with Crippen LogP contribution in [0.4, 0.5) is 0 Å². The number of aliphatic hydroxyl groups excluding tert-OH is 1. The minimum absolute atomic E-state index is 0.0569. The van der Waals surface area contributed by atoms with Crippen molar-refractivity contribution in [2.45, 2.75) is 44.8 Å². The zero-order valence-electron chi connectivity index (χ0n) is 16.6. The van der Waals surface area contributed by atoms with Crippen molar-refractivity contribution in [3.8, 4) is 0 Å². The smallest absolute Gasteiger partial charge is 0.321 e. The van der Waals surface area contributed by atoms with Crippen molar-refractivity contribution in [2.75, 3.05) is 25.1 Å². The lowest BCUT2D eigenvalue weighted by molar-refractivity contribution is -0.148. The van der Waals surface area contributed by atoms with Crippen LogP contribution < -0.4 is 0 Å². The molecule has 0 radical (unpaired) electrons. The Balaban J connectivity index is 0.000000551. The third kappa shape index (κ3) is 12.1. The van der Waals surface area contributed by atoms with E-state index in [4.69, 9.17) is 15.3 Å². The normalized spacial score (nSPS) is 16.6. The number of nitrogens with zero attached hydrogens (tertiary/aromatic N) is 1. The maximum atomic E-state index is 11.3. The molecule has 9 nitrogen and oxygen atoms in total. The van der Waals surface area contributed by atoms with E-state index in [1.807, 2.05) is 0 Å². The predicted octanol–water partition coefficient (Wildman–Crippen LogP) is 1.27. The molecule has 1 aliphatic rings. The standard InChI is InChI=1S/C11H16O2.C8H13NO6S/c1-2-3-4-5-9-8-10(12)6-7-11(9)13;1-16-4-5(8(14)15)9(2-6(10)11)3-7(12)13/h6-8,10,12H,2-5H2,1H3;5H,2-4H2,1H3,(H,10,11)(H,12,13)(H,14,15). The van der Waals surface area contributed by atoms with Crippen molar-refractivity contribution in [3.63, 3.8) is 0 Å². The molecule has 2 atom stereocenters. The molecule has 0 spiro atoms. The van der Waals surface area contributed by atoms with E-state index in [1.54, 1.807) is 12.3 Å². The lowest BCUT2D eigenvalue weighted by Crippen LogP contribution is -2.47. The maximum absolute atomic E-state index is 11.3. The maximum Gasteiger partial charge on any atom is 0.321 e. The molecule has 1 aliphatic carbocycles. The molecule has 0 aromatic carbocycles. The third-order valence-electron chi connectivity index (χ3n) is 3.91. The summed E-state index contributed by atoms with van der Waals surface area (Å²) in [6, 6.07) is -1.11. The summed E-state index contributed by atoms with van der Waals surface area (Å²) in [5, 5.41) is 35.2. The predicted molar refractivity (Wildman–Crippen MR) is 109 cm³/mol. The Bertz CT molecular complexity index is 616. The van der Waals surface area contributed by atoms with Crippen molar-refractivity contribution >= 4 is 35.5 Å². The fourth-order valence-corrected chi connectivity index (χ4v) is 3.19. The molecule has 0 aromatic heterocycles. The summed E-state index contributed by atoms with van der Waals surface area (Å²) in [6.07, 6.45) is 9.87. The molecule has 29 heavy (non-hydrogen) atoms. The number of aliphatic carboxylic acids is 3. The molecule has 1 rings (SSSR count). The number of hydrogen-bond acceptors (Lipinski definition) is 7. The first-order valence-electron chi connectivity index (χ1n) is 9.13. The Morgan fingerprint density at radius 3 is 2.17 bits per heavy atom. The number of hydrogen-bond donors (Lipinski definition) is 4. The second-order valence-corrected chi connectivity index (χ2v) is 7.28. The average Bonchev–Trinajstić information content (AvgIpc) is 2.61. The van der Waals surface area contributed by atoms with Crippen molar-refractivity contribution < 1.29 is 39.6 Å². The van der Waals surface area contributed by atoms with Gasteiger partial charge in [-0.3, -0.25) is 24.1 Å². The molecular weight excluding hydrogens is 402 g/mol. The quantitative estimate of drug-likeness (QED) is 0.332. The van der Waals surface area contributed by atoms with Crippen LogP contribution in [0.15, 0.2) is 23.8 Å². The van der Waals surface area contributed by atoms with Gasteiger partial charge in [-0.05, 0) is 42.9 Å². The van der Waals surface area contributed by atoms with Crippen LogP contribution in [0.25, 0.3) is 0 Å². The lowest BCUT2D eigenvalue weighted by atomic mass is 9.97. The highest BCUT2D eigenvalue weighted by molar-refractivity contribution is 7.98. The molecule has 0 saturated carbocycles. The van der Waals surface area contributed by atoms with Crippen molar-refractivity contribution in [1.82, 2.24) is 4.90 Å². The Morgan fingerprint density at radius 1 is 1.14 bits per heavy atom. The van der Waals surface area contributed by atoms with Gasteiger partial charge in [-0.2, -0.15) is 11.8 Å². The van der Waals surface area contributed by atoms with E-state index in [9.17, 15) is 24.3 Å². The van der Waals surface area contributed by atoms with Gasteiger partial charge in [-0.15, -0.1) is 0 Å². The summed E-state index contributed by atoms with van der Waals surface area (Å²) >= 11 is 1.21. The average molecular weight is 432 g/mol. The Hall–Kier alpha value is -2.17. The Morgan fingerprint density at radius 2 is 1.72 bits per heavy atom. The highest BCUT2D eigenvalue weighted by Crippen LogP contribution is 2.15. The molecule has 10 heteroatoms. The summed E-state index contributed by atoms with van der Waals surface area (Å²) in [7, 11) is 0. The first-order valence-corrected chi connectivity index (χ1v) is 10.5. The summed E-state index contributed by atoms with van der Waals surface area (Å²) < 4.78 is 0. The molecule has 0 aliphatic heterocycles. The second kappa shape index (κ2) is 14.8. The molecule has 164 valence electrons. The summed E-state index contributed by atoms with van der Waals surface area (Å²) in [6.45, 7) is 0.916. The van der Waals surface area contributed by atoms with E-state index in [0.717, 1.165) is 36.2 Å². The number of carbonyl (C=O) groups is 4. The van der Waals surface area contributed by atoms with Crippen LogP contribution in [-0.4, -0.2) is 86.3 Å². The summed E-state index contributed by atoms with van der Waals surface area (Å²) in [5.74, 6) is -3.55. The summed E-state index contributed by atoms with van der Waals surface area (Å²) in [4.78, 5) is 44.0. The van der Waals surface area contributed by atoms with E-state index < -0.39 is 43.1 Å². The Kier molecular flexibility index (Phi) is 13.7. The molecule has 4 N–H and O–H groups in total. The van der Waals surface area contributed by atoms with Crippen LogP contribution in [0.2, 0.25) is 0 Å². The van der Waals surface area contributed by atoms with Gasteiger partial charge in [0.05, 0.1) is 19.2 Å². The number of aliphatic hydroxyl groups is 1. The second-order valence-electron chi connectivity index (χ2n) is 6.36. The molecule has 0 saturated heterocycles. The van der Waals surface area contributed by atoms with Gasteiger partial charge in [0.25, 0.3) is 0 Å². The highest BCUT2D eigenvalue weighted by Gasteiger charge is 2.28. The van der Waals surface area contributed by atoms with Crippen LogP contribution in [0.1, 0.15) is 32.6 Å². The van der Waals surface area contributed by atoms with Crippen LogP contribution in [0.3, 0.4) is 0 Å².